The highest BCUT2D eigenvalue weighted by molar-refractivity contribution is 5.91. The SMILES string of the molecule is O=C(C=Cc1cccc(C(F)(F)F)c1)NCc1ccc(CN2CCOCC2)cc1. The van der Waals surface area contributed by atoms with Gasteiger partial charge in [0.05, 0.1) is 18.8 Å². The van der Waals surface area contributed by atoms with Crippen LogP contribution in [0.25, 0.3) is 6.08 Å². The monoisotopic (exact) mass is 404 g/mol. The van der Waals surface area contributed by atoms with E-state index in [0.29, 0.717) is 12.1 Å². The summed E-state index contributed by atoms with van der Waals surface area (Å²) in [6.07, 6.45) is -1.79. The molecule has 0 saturated carbocycles. The summed E-state index contributed by atoms with van der Waals surface area (Å²) in [5, 5.41) is 2.74. The minimum absolute atomic E-state index is 0.322. The first-order valence-electron chi connectivity index (χ1n) is 9.41. The minimum atomic E-state index is -4.40. The van der Waals surface area contributed by atoms with Crippen molar-refractivity contribution >= 4 is 12.0 Å². The Morgan fingerprint density at radius 1 is 1.07 bits per heavy atom. The van der Waals surface area contributed by atoms with Crippen LogP contribution < -0.4 is 5.32 Å². The summed E-state index contributed by atoms with van der Waals surface area (Å²) in [5.74, 6) is -0.361. The molecule has 0 unspecified atom stereocenters. The molecule has 1 aliphatic rings. The summed E-state index contributed by atoms with van der Waals surface area (Å²) < 4.78 is 43.5. The first-order chi connectivity index (χ1) is 13.9. The Bertz CT molecular complexity index is 842. The molecule has 1 N–H and O–H groups in total. The van der Waals surface area contributed by atoms with E-state index in [1.807, 2.05) is 24.3 Å². The Balaban J connectivity index is 1.48. The van der Waals surface area contributed by atoms with Crippen LogP contribution in [0.4, 0.5) is 13.2 Å². The molecule has 0 atom stereocenters. The first kappa shape index (κ1) is 21.1. The highest BCUT2D eigenvalue weighted by atomic mass is 19.4. The average Bonchev–Trinajstić information content (AvgIpc) is 2.72. The molecule has 1 amide bonds. The number of amides is 1. The molecule has 1 fully saturated rings. The van der Waals surface area contributed by atoms with Crippen molar-refractivity contribution in [2.45, 2.75) is 19.3 Å². The van der Waals surface area contributed by atoms with Gasteiger partial charge in [0.15, 0.2) is 0 Å². The van der Waals surface area contributed by atoms with Crippen LogP contribution in [0.5, 0.6) is 0 Å². The number of carbonyl (C=O) groups is 1. The van der Waals surface area contributed by atoms with Crippen LogP contribution in [0.1, 0.15) is 22.3 Å². The van der Waals surface area contributed by atoms with Gasteiger partial charge >= 0.3 is 6.18 Å². The van der Waals surface area contributed by atoms with Crippen molar-refractivity contribution < 1.29 is 22.7 Å². The third kappa shape index (κ3) is 6.73. The number of rotatable bonds is 6. The van der Waals surface area contributed by atoms with Gasteiger partial charge in [0.1, 0.15) is 0 Å². The number of benzene rings is 2. The van der Waals surface area contributed by atoms with Crippen molar-refractivity contribution in [1.29, 1.82) is 0 Å². The summed E-state index contributed by atoms with van der Waals surface area (Å²) in [4.78, 5) is 14.3. The lowest BCUT2D eigenvalue weighted by atomic mass is 10.1. The fourth-order valence-corrected chi connectivity index (χ4v) is 3.02. The molecular formula is C22H23F3N2O2. The molecule has 2 aromatic carbocycles. The van der Waals surface area contributed by atoms with Crippen molar-refractivity contribution in [2.75, 3.05) is 26.3 Å². The van der Waals surface area contributed by atoms with E-state index in [1.54, 1.807) is 0 Å². The van der Waals surface area contributed by atoms with Crippen molar-refractivity contribution in [3.05, 3.63) is 76.9 Å². The lowest BCUT2D eigenvalue weighted by Crippen LogP contribution is -2.35. The minimum Gasteiger partial charge on any atom is -0.379 e. The average molecular weight is 404 g/mol. The summed E-state index contributed by atoms with van der Waals surface area (Å²) in [6, 6.07) is 12.9. The second kappa shape index (κ2) is 9.71. The van der Waals surface area contributed by atoms with E-state index in [-0.39, 0.29) is 5.91 Å². The predicted molar refractivity (Wildman–Crippen MR) is 105 cm³/mol. The molecular weight excluding hydrogens is 381 g/mol. The summed E-state index contributed by atoms with van der Waals surface area (Å²) in [6.45, 7) is 4.60. The van der Waals surface area contributed by atoms with E-state index in [0.717, 1.165) is 50.5 Å². The molecule has 0 spiro atoms. The van der Waals surface area contributed by atoms with Crippen LogP contribution >= 0.6 is 0 Å². The topological polar surface area (TPSA) is 41.6 Å². The van der Waals surface area contributed by atoms with Gasteiger partial charge < -0.3 is 10.1 Å². The van der Waals surface area contributed by atoms with E-state index in [2.05, 4.69) is 10.2 Å². The van der Waals surface area contributed by atoms with Crippen LogP contribution in [0.2, 0.25) is 0 Å². The van der Waals surface area contributed by atoms with Gasteiger partial charge in [-0.1, -0.05) is 36.4 Å². The fraction of sp³-hybridized carbons (Fsp3) is 0.318. The molecule has 0 aromatic heterocycles. The van der Waals surface area contributed by atoms with Crippen molar-refractivity contribution in [3.8, 4) is 0 Å². The van der Waals surface area contributed by atoms with Crippen LogP contribution in [-0.2, 0) is 28.8 Å². The van der Waals surface area contributed by atoms with Gasteiger partial charge in [0.2, 0.25) is 5.91 Å². The normalized spacial score (nSPS) is 15.6. The highest BCUT2D eigenvalue weighted by Crippen LogP contribution is 2.29. The zero-order valence-corrected chi connectivity index (χ0v) is 15.9. The summed E-state index contributed by atoms with van der Waals surface area (Å²) in [5.41, 5.74) is 1.74. The Hall–Kier alpha value is -2.64. The molecule has 1 aliphatic heterocycles. The zero-order chi connectivity index (χ0) is 20.7. The molecule has 3 rings (SSSR count). The van der Waals surface area contributed by atoms with Gasteiger partial charge in [0.25, 0.3) is 0 Å². The molecule has 154 valence electrons. The Morgan fingerprint density at radius 2 is 1.76 bits per heavy atom. The van der Waals surface area contributed by atoms with Crippen molar-refractivity contribution in [3.63, 3.8) is 0 Å². The van der Waals surface area contributed by atoms with E-state index in [1.165, 1.54) is 29.8 Å². The van der Waals surface area contributed by atoms with E-state index >= 15 is 0 Å². The number of ether oxygens (including phenoxy) is 1. The molecule has 7 heteroatoms. The van der Waals surface area contributed by atoms with Crippen LogP contribution in [0.3, 0.4) is 0 Å². The first-order valence-corrected chi connectivity index (χ1v) is 9.41. The smallest absolute Gasteiger partial charge is 0.379 e. The van der Waals surface area contributed by atoms with E-state index < -0.39 is 11.7 Å². The molecule has 0 aliphatic carbocycles. The van der Waals surface area contributed by atoms with Gasteiger partial charge in [-0.25, -0.2) is 0 Å². The number of hydrogen-bond donors (Lipinski definition) is 1. The number of hydrogen-bond acceptors (Lipinski definition) is 3. The van der Waals surface area contributed by atoms with Crippen molar-refractivity contribution in [2.24, 2.45) is 0 Å². The van der Waals surface area contributed by atoms with Gasteiger partial charge in [-0.15, -0.1) is 0 Å². The molecule has 2 aromatic rings. The molecule has 4 nitrogen and oxygen atoms in total. The van der Waals surface area contributed by atoms with Gasteiger partial charge in [0, 0.05) is 32.3 Å². The zero-order valence-electron chi connectivity index (χ0n) is 15.9. The Kier molecular flexibility index (Phi) is 7.06. The number of morpholine rings is 1. The number of carbonyl (C=O) groups excluding carboxylic acids is 1. The number of halogens is 3. The highest BCUT2D eigenvalue weighted by Gasteiger charge is 2.30. The molecule has 1 saturated heterocycles. The number of alkyl halides is 3. The third-order valence-electron chi connectivity index (χ3n) is 4.64. The largest absolute Gasteiger partial charge is 0.416 e. The van der Waals surface area contributed by atoms with Gasteiger partial charge in [-0.3, -0.25) is 9.69 Å². The molecule has 29 heavy (non-hydrogen) atoms. The Labute approximate surface area is 168 Å². The van der Waals surface area contributed by atoms with Crippen molar-refractivity contribution in [1.82, 2.24) is 10.2 Å². The van der Waals surface area contributed by atoms with Gasteiger partial charge in [-0.05, 0) is 34.9 Å². The summed E-state index contributed by atoms with van der Waals surface area (Å²) in [7, 11) is 0. The number of nitrogens with zero attached hydrogens (tertiary/aromatic N) is 1. The lowest BCUT2D eigenvalue weighted by Gasteiger charge is -2.26. The summed E-state index contributed by atoms with van der Waals surface area (Å²) >= 11 is 0. The number of nitrogens with one attached hydrogen (secondary N) is 1. The lowest BCUT2D eigenvalue weighted by molar-refractivity contribution is -0.137. The second-order valence-corrected chi connectivity index (χ2v) is 6.88. The maximum absolute atomic E-state index is 12.7. The Morgan fingerprint density at radius 3 is 2.45 bits per heavy atom. The van der Waals surface area contributed by atoms with E-state index in [9.17, 15) is 18.0 Å². The maximum atomic E-state index is 12.7. The second-order valence-electron chi connectivity index (χ2n) is 6.88. The molecule has 1 heterocycles. The standard InChI is InChI=1S/C22H23F3N2O2/c23-22(24,25)20-3-1-2-17(14-20)8-9-21(28)26-15-18-4-6-19(7-5-18)16-27-10-12-29-13-11-27/h1-9,14H,10-13,15-16H2,(H,26,28). The fourth-order valence-electron chi connectivity index (χ4n) is 3.02. The van der Waals surface area contributed by atoms with E-state index in [4.69, 9.17) is 4.74 Å². The molecule has 0 bridgehead atoms. The molecule has 0 radical (unpaired) electrons. The quantitative estimate of drug-likeness (QED) is 0.744. The van der Waals surface area contributed by atoms with Crippen LogP contribution in [0, 0.1) is 0 Å². The maximum Gasteiger partial charge on any atom is 0.416 e. The van der Waals surface area contributed by atoms with Crippen LogP contribution in [0.15, 0.2) is 54.6 Å². The third-order valence-corrected chi connectivity index (χ3v) is 4.64. The van der Waals surface area contributed by atoms with Crippen LogP contribution in [-0.4, -0.2) is 37.1 Å². The van der Waals surface area contributed by atoms with Gasteiger partial charge in [-0.2, -0.15) is 13.2 Å². The predicted octanol–water partition coefficient (Wildman–Crippen LogP) is 3.87.